The highest BCUT2D eigenvalue weighted by Crippen LogP contribution is 2.24. The molecule has 4 rings (SSSR count). The van der Waals surface area contributed by atoms with Crippen LogP contribution in [0, 0.1) is 4.64 Å². The molecule has 24 heavy (non-hydrogen) atoms. The lowest BCUT2D eigenvalue weighted by Crippen LogP contribution is -2.10. The number of pyridine rings is 3. The van der Waals surface area contributed by atoms with Gasteiger partial charge in [0.05, 0.1) is 17.9 Å². The predicted octanol–water partition coefficient (Wildman–Crippen LogP) is 3.67. The predicted molar refractivity (Wildman–Crippen MR) is 94.9 cm³/mol. The fourth-order valence-corrected chi connectivity index (χ4v) is 2.82. The summed E-state index contributed by atoms with van der Waals surface area (Å²) in [5, 5.41) is 5.64. The summed E-state index contributed by atoms with van der Waals surface area (Å²) in [6.07, 6.45) is 5.26. The fraction of sp³-hybridized carbons (Fsp3) is 0.0556. The molecule has 0 saturated carbocycles. The van der Waals surface area contributed by atoms with E-state index in [1.807, 2.05) is 48.5 Å². The summed E-state index contributed by atoms with van der Waals surface area (Å²) in [7, 11) is 0. The lowest BCUT2D eigenvalue weighted by Gasteiger charge is -2.11. The molecule has 0 N–H and O–H groups in total. The summed E-state index contributed by atoms with van der Waals surface area (Å²) in [6, 6.07) is 15.4. The average Bonchev–Trinajstić information content (AvgIpc) is 2.66. The minimum atomic E-state index is 0.492. The van der Waals surface area contributed by atoms with E-state index in [-0.39, 0.29) is 0 Å². The molecule has 4 aromatic rings. The average molecular weight is 331 g/mol. The normalized spacial score (nSPS) is 10.8. The molecular formula is C18H13N5S. The summed E-state index contributed by atoms with van der Waals surface area (Å²) in [6.45, 7) is 0.492. The minimum Gasteiger partial charge on any atom is -0.259 e. The Labute approximate surface area is 143 Å². The number of nitrogens with zero attached hydrogens (tertiary/aromatic N) is 5. The van der Waals surface area contributed by atoms with Crippen molar-refractivity contribution in [3.63, 3.8) is 0 Å². The first-order chi connectivity index (χ1) is 11.8. The van der Waals surface area contributed by atoms with Crippen LogP contribution >= 0.6 is 12.2 Å². The van der Waals surface area contributed by atoms with Crippen LogP contribution in [0.3, 0.4) is 0 Å². The maximum Gasteiger partial charge on any atom is 0.149 e. The first-order valence-corrected chi connectivity index (χ1v) is 7.91. The Morgan fingerprint density at radius 2 is 1.62 bits per heavy atom. The van der Waals surface area contributed by atoms with Crippen molar-refractivity contribution in [3.05, 3.63) is 77.5 Å². The number of rotatable bonds is 3. The van der Waals surface area contributed by atoms with Crippen LogP contribution in [0.4, 0.5) is 0 Å². The van der Waals surface area contributed by atoms with Gasteiger partial charge in [0.25, 0.3) is 0 Å². The van der Waals surface area contributed by atoms with Gasteiger partial charge in [0.2, 0.25) is 0 Å². The Morgan fingerprint density at radius 3 is 2.38 bits per heavy atom. The molecule has 0 amide bonds. The highest BCUT2D eigenvalue weighted by atomic mass is 32.1. The smallest absolute Gasteiger partial charge is 0.149 e. The molecule has 116 valence electrons. The molecule has 6 heteroatoms. The lowest BCUT2D eigenvalue weighted by atomic mass is 10.1. The Balaban J connectivity index is 1.95. The second-order valence-electron chi connectivity index (χ2n) is 5.25. The summed E-state index contributed by atoms with van der Waals surface area (Å²) in [5.41, 5.74) is 3.20. The zero-order valence-electron chi connectivity index (χ0n) is 12.7. The standard InChI is InChI=1S/C18H13N5S/c24-18-17-14(7-5-11-21-17)16(15-8-2-4-10-20-15)22-23(18)12-13-6-1-3-9-19-13/h1-11H,12H2. The van der Waals surface area contributed by atoms with Gasteiger partial charge in [-0.2, -0.15) is 5.10 Å². The van der Waals surface area contributed by atoms with Crippen LogP contribution in [0.25, 0.3) is 22.3 Å². The van der Waals surface area contributed by atoms with Crippen molar-refractivity contribution in [2.75, 3.05) is 0 Å². The molecule has 0 aromatic carbocycles. The molecule has 0 spiro atoms. The molecular weight excluding hydrogens is 318 g/mol. The molecule has 0 aliphatic rings. The molecule has 4 heterocycles. The Kier molecular flexibility index (Phi) is 3.80. The molecule has 0 aliphatic carbocycles. The summed E-state index contributed by atoms with van der Waals surface area (Å²) in [4.78, 5) is 13.2. The monoisotopic (exact) mass is 331 g/mol. The van der Waals surface area contributed by atoms with Crippen LogP contribution in [-0.4, -0.2) is 24.7 Å². The molecule has 0 atom stereocenters. The van der Waals surface area contributed by atoms with Crippen molar-refractivity contribution >= 4 is 23.1 Å². The zero-order valence-corrected chi connectivity index (χ0v) is 13.5. The Morgan fingerprint density at radius 1 is 0.833 bits per heavy atom. The quantitative estimate of drug-likeness (QED) is 0.536. The van der Waals surface area contributed by atoms with Crippen molar-refractivity contribution in [1.82, 2.24) is 24.7 Å². The van der Waals surface area contributed by atoms with E-state index in [4.69, 9.17) is 17.3 Å². The van der Waals surface area contributed by atoms with Crippen molar-refractivity contribution in [2.45, 2.75) is 6.54 Å². The number of fused-ring (bicyclic) bond motifs is 1. The van der Waals surface area contributed by atoms with E-state index in [1.54, 1.807) is 23.3 Å². The molecule has 5 nitrogen and oxygen atoms in total. The third-order valence-corrected chi connectivity index (χ3v) is 4.07. The van der Waals surface area contributed by atoms with Crippen molar-refractivity contribution in [1.29, 1.82) is 0 Å². The highest BCUT2D eigenvalue weighted by molar-refractivity contribution is 7.71. The van der Waals surface area contributed by atoms with Gasteiger partial charge in [-0.25, -0.2) is 4.68 Å². The first kappa shape index (κ1) is 14.6. The van der Waals surface area contributed by atoms with E-state index < -0.39 is 0 Å². The minimum absolute atomic E-state index is 0.492. The highest BCUT2D eigenvalue weighted by Gasteiger charge is 2.12. The van der Waals surface area contributed by atoms with Gasteiger partial charge in [-0.05, 0) is 36.4 Å². The SMILES string of the molecule is S=c1c2ncccc2c(-c2ccccn2)nn1Cc1ccccn1. The van der Waals surface area contributed by atoms with Gasteiger partial charge in [-0.1, -0.05) is 24.4 Å². The van der Waals surface area contributed by atoms with E-state index >= 15 is 0 Å². The summed E-state index contributed by atoms with van der Waals surface area (Å²) >= 11 is 5.59. The molecule has 4 aromatic heterocycles. The maximum atomic E-state index is 5.59. The van der Waals surface area contributed by atoms with Crippen LogP contribution in [-0.2, 0) is 6.54 Å². The van der Waals surface area contributed by atoms with Gasteiger partial charge in [0, 0.05) is 24.0 Å². The van der Waals surface area contributed by atoms with Crippen LogP contribution in [0.1, 0.15) is 5.69 Å². The third-order valence-electron chi connectivity index (χ3n) is 3.67. The topological polar surface area (TPSA) is 56.5 Å². The molecule has 0 radical (unpaired) electrons. The zero-order chi connectivity index (χ0) is 16.4. The van der Waals surface area contributed by atoms with Crippen molar-refractivity contribution in [2.24, 2.45) is 0 Å². The van der Waals surface area contributed by atoms with Crippen LogP contribution in [0.5, 0.6) is 0 Å². The molecule has 0 saturated heterocycles. The Hall–Kier alpha value is -2.99. The van der Waals surface area contributed by atoms with Crippen molar-refractivity contribution in [3.8, 4) is 11.4 Å². The largest absolute Gasteiger partial charge is 0.259 e. The number of hydrogen-bond donors (Lipinski definition) is 0. The molecule has 0 unspecified atom stereocenters. The van der Waals surface area contributed by atoms with Crippen LogP contribution < -0.4 is 0 Å². The third kappa shape index (κ3) is 2.68. The van der Waals surface area contributed by atoms with Crippen LogP contribution in [0.15, 0.2) is 67.1 Å². The molecule has 0 aliphatic heterocycles. The van der Waals surface area contributed by atoms with E-state index in [0.717, 1.165) is 28.0 Å². The van der Waals surface area contributed by atoms with Gasteiger partial charge in [0.1, 0.15) is 15.9 Å². The van der Waals surface area contributed by atoms with Crippen molar-refractivity contribution < 1.29 is 0 Å². The van der Waals surface area contributed by atoms with Crippen LogP contribution in [0.2, 0.25) is 0 Å². The summed E-state index contributed by atoms with van der Waals surface area (Å²) in [5.74, 6) is 0. The van der Waals surface area contributed by atoms with E-state index in [2.05, 4.69) is 15.0 Å². The molecule has 0 fully saturated rings. The Bertz CT molecular complexity index is 1050. The number of aromatic nitrogens is 5. The van der Waals surface area contributed by atoms with Gasteiger partial charge in [-0.15, -0.1) is 0 Å². The van der Waals surface area contributed by atoms with Gasteiger partial charge < -0.3 is 0 Å². The van der Waals surface area contributed by atoms with E-state index in [0.29, 0.717) is 11.2 Å². The maximum absolute atomic E-state index is 5.59. The van der Waals surface area contributed by atoms with E-state index in [9.17, 15) is 0 Å². The fourth-order valence-electron chi connectivity index (χ4n) is 2.55. The second-order valence-corrected chi connectivity index (χ2v) is 5.63. The van der Waals surface area contributed by atoms with Gasteiger partial charge in [-0.3, -0.25) is 15.0 Å². The van der Waals surface area contributed by atoms with Gasteiger partial charge >= 0.3 is 0 Å². The second kappa shape index (κ2) is 6.25. The lowest BCUT2D eigenvalue weighted by molar-refractivity contribution is 0.651. The molecule has 0 bridgehead atoms. The summed E-state index contributed by atoms with van der Waals surface area (Å²) < 4.78 is 2.35. The van der Waals surface area contributed by atoms with E-state index in [1.165, 1.54) is 0 Å². The number of hydrogen-bond acceptors (Lipinski definition) is 5. The first-order valence-electron chi connectivity index (χ1n) is 7.50. The van der Waals surface area contributed by atoms with Gasteiger partial charge in [0.15, 0.2) is 0 Å².